The minimum atomic E-state index is -0.177. The topological polar surface area (TPSA) is 0 Å². The molecule has 0 spiro atoms. The van der Waals surface area contributed by atoms with Gasteiger partial charge in [0.15, 0.2) is 0 Å². The van der Waals surface area contributed by atoms with Crippen LogP contribution in [0, 0.1) is 5.92 Å². The Labute approximate surface area is 135 Å². The van der Waals surface area contributed by atoms with E-state index in [2.05, 4.69) is 20.0 Å². The summed E-state index contributed by atoms with van der Waals surface area (Å²) in [5.41, 5.74) is 0. The van der Waals surface area contributed by atoms with E-state index in [1.807, 2.05) is 0 Å². The van der Waals surface area contributed by atoms with Crippen molar-refractivity contribution in [2.24, 2.45) is 0 Å². The van der Waals surface area contributed by atoms with Crippen LogP contribution in [0.1, 0.15) is 58.3 Å². The van der Waals surface area contributed by atoms with E-state index in [9.17, 15) is 4.39 Å². The van der Waals surface area contributed by atoms with E-state index in [1.165, 1.54) is 50.5 Å². The summed E-state index contributed by atoms with van der Waals surface area (Å²) in [4.78, 5) is 0. The molecule has 0 bridgehead atoms. The standard InChI is InChI=1S/C14H29FSi.Y/c1-14(11-12-15)10-8-6-4-5-7-9-13-16(2)3;/h4-13H2,1-3H3;/q-1;. The van der Waals surface area contributed by atoms with Crippen LogP contribution >= 0.6 is 0 Å². The first kappa shape index (κ1) is 20.6. The molecule has 0 N–H and O–H groups in total. The van der Waals surface area contributed by atoms with E-state index < -0.39 is 0 Å². The third-order valence-corrected chi connectivity index (χ3v) is 4.41. The first-order valence-corrected chi connectivity index (χ1v) is 9.54. The Balaban J connectivity index is 0. The monoisotopic (exact) mass is 333 g/mol. The number of hydrogen-bond acceptors (Lipinski definition) is 0. The molecular weight excluding hydrogens is 304 g/mol. The second kappa shape index (κ2) is 15.3. The fourth-order valence-corrected chi connectivity index (χ4v) is 2.86. The molecule has 0 aliphatic heterocycles. The molecule has 0 saturated heterocycles. The van der Waals surface area contributed by atoms with Crippen molar-refractivity contribution >= 4 is 8.80 Å². The largest absolute Gasteiger partial charge is 0.314 e. The second-order valence-corrected chi connectivity index (χ2v) is 8.14. The zero-order valence-corrected chi connectivity index (χ0v) is 15.9. The van der Waals surface area contributed by atoms with Crippen LogP contribution in [0.2, 0.25) is 19.1 Å². The van der Waals surface area contributed by atoms with Gasteiger partial charge < -0.3 is 5.92 Å². The number of unbranched alkanes of at least 4 members (excludes halogenated alkanes) is 5. The van der Waals surface area contributed by atoms with E-state index >= 15 is 0 Å². The van der Waals surface area contributed by atoms with Crippen LogP contribution in [0.15, 0.2) is 0 Å². The van der Waals surface area contributed by atoms with E-state index in [4.69, 9.17) is 0 Å². The van der Waals surface area contributed by atoms with Crippen molar-refractivity contribution in [1.82, 2.24) is 0 Å². The van der Waals surface area contributed by atoms with Gasteiger partial charge in [0.05, 0.1) is 6.67 Å². The van der Waals surface area contributed by atoms with Crippen LogP contribution < -0.4 is 0 Å². The normalized spacial score (nSPS) is 10.9. The Hall–Kier alpha value is 1.25. The van der Waals surface area contributed by atoms with Crippen LogP contribution in [0.3, 0.4) is 0 Å². The van der Waals surface area contributed by atoms with Gasteiger partial charge in [-0.1, -0.05) is 57.7 Å². The van der Waals surface area contributed by atoms with E-state index in [0.717, 1.165) is 6.42 Å². The number of halogens is 1. The quantitative estimate of drug-likeness (QED) is 0.269. The molecule has 0 atom stereocenters. The van der Waals surface area contributed by atoms with Crippen molar-refractivity contribution in [1.29, 1.82) is 0 Å². The molecule has 0 aromatic carbocycles. The van der Waals surface area contributed by atoms with E-state index in [-0.39, 0.29) is 48.2 Å². The summed E-state index contributed by atoms with van der Waals surface area (Å²) in [6.07, 6.45) is 10.0. The predicted molar refractivity (Wildman–Crippen MR) is 74.1 cm³/mol. The van der Waals surface area contributed by atoms with Crippen molar-refractivity contribution in [3.63, 3.8) is 0 Å². The van der Waals surface area contributed by atoms with E-state index in [1.54, 1.807) is 0 Å². The summed E-state index contributed by atoms with van der Waals surface area (Å²) >= 11 is 0. The predicted octanol–water partition coefficient (Wildman–Crippen LogP) is 5.42. The van der Waals surface area contributed by atoms with Crippen molar-refractivity contribution in [3.8, 4) is 0 Å². The maximum absolute atomic E-state index is 12.0. The molecule has 0 heterocycles. The Morgan fingerprint density at radius 2 is 1.41 bits per heavy atom. The Morgan fingerprint density at radius 3 is 1.94 bits per heavy atom. The molecule has 0 amide bonds. The van der Waals surface area contributed by atoms with Gasteiger partial charge in [0.1, 0.15) is 0 Å². The first-order chi connectivity index (χ1) is 7.66. The summed E-state index contributed by atoms with van der Waals surface area (Å²) < 4.78 is 12.0. The molecule has 17 heavy (non-hydrogen) atoms. The van der Waals surface area contributed by atoms with Gasteiger partial charge in [0.25, 0.3) is 0 Å². The van der Waals surface area contributed by atoms with Gasteiger partial charge in [-0.3, -0.25) is 4.39 Å². The SMILES string of the molecule is C[C-](CCF)CCCCCCCC[Si](C)C.[Y]. The summed E-state index contributed by atoms with van der Waals surface area (Å²) in [6, 6.07) is 1.48. The zero-order chi connectivity index (χ0) is 12.2. The van der Waals surface area contributed by atoms with Crippen molar-refractivity contribution in [2.75, 3.05) is 6.67 Å². The molecule has 0 saturated carbocycles. The van der Waals surface area contributed by atoms with E-state index in [0.29, 0.717) is 6.42 Å². The molecule has 0 unspecified atom stereocenters. The average molecular weight is 333 g/mol. The first-order valence-electron chi connectivity index (χ1n) is 6.83. The molecular formula is C14H29FSiY-. The van der Waals surface area contributed by atoms with Gasteiger partial charge in [-0.2, -0.15) is 13.3 Å². The van der Waals surface area contributed by atoms with Crippen molar-refractivity contribution in [2.45, 2.75) is 77.4 Å². The van der Waals surface area contributed by atoms with Crippen molar-refractivity contribution in [3.05, 3.63) is 5.92 Å². The average Bonchev–Trinajstić information content (AvgIpc) is 2.22. The summed E-state index contributed by atoms with van der Waals surface area (Å²) in [5, 5.41) is 0. The fourth-order valence-electron chi connectivity index (χ4n) is 1.90. The number of alkyl halides is 1. The van der Waals surface area contributed by atoms with Gasteiger partial charge in [-0.15, -0.1) is 6.42 Å². The van der Waals surface area contributed by atoms with Crippen LogP contribution in [0.5, 0.6) is 0 Å². The summed E-state index contributed by atoms with van der Waals surface area (Å²) in [7, 11) is 0.0121. The number of rotatable bonds is 11. The molecule has 0 rings (SSSR count). The molecule has 0 nitrogen and oxygen atoms in total. The van der Waals surface area contributed by atoms with Crippen molar-refractivity contribution < 1.29 is 37.1 Å². The molecule has 100 valence electrons. The van der Waals surface area contributed by atoms with Crippen LogP contribution in [0.4, 0.5) is 4.39 Å². The fraction of sp³-hybridized carbons (Fsp3) is 0.929. The van der Waals surface area contributed by atoms with Gasteiger partial charge in [0, 0.05) is 41.5 Å². The third kappa shape index (κ3) is 17.3. The summed E-state index contributed by atoms with van der Waals surface area (Å²) in [6.45, 7) is 6.71. The minimum Gasteiger partial charge on any atom is -0.314 e. The maximum atomic E-state index is 12.0. The third-order valence-electron chi connectivity index (χ3n) is 3.05. The molecule has 0 aliphatic rings. The maximum Gasteiger partial charge on any atom is 0.0628 e. The molecule has 2 radical (unpaired) electrons. The van der Waals surface area contributed by atoms with Crippen LogP contribution in [-0.2, 0) is 32.7 Å². The van der Waals surface area contributed by atoms with Crippen LogP contribution in [0.25, 0.3) is 0 Å². The smallest absolute Gasteiger partial charge is 0.0628 e. The second-order valence-electron chi connectivity index (χ2n) is 5.22. The molecule has 0 aromatic rings. The minimum absolute atomic E-state index is 0. The van der Waals surface area contributed by atoms with Gasteiger partial charge in [0.2, 0.25) is 0 Å². The van der Waals surface area contributed by atoms with Gasteiger partial charge in [-0.25, -0.2) is 0 Å². The summed E-state index contributed by atoms with van der Waals surface area (Å²) in [5.74, 6) is 1.34. The Morgan fingerprint density at radius 1 is 0.882 bits per heavy atom. The van der Waals surface area contributed by atoms with Gasteiger partial charge in [-0.05, 0) is 0 Å². The molecule has 3 heteroatoms. The molecule has 0 aromatic heterocycles. The Kier molecular flexibility index (Phi) is 18.5. The number of hydrogen-bond donors (Lipinski definition) is 0. The molecule has 0 aliphatic carbocycles. The molecule has 0 fully saturated rings. The van der Waals surface area contributed by atoms with Gasteiger partial charge >= 0.3 is 0 Å². The Bertz CT molecular complexity index is 142. The van der Waals surface area contributed by atoms with Crippen LogP contribution in [-0.4, -0.2) is 15.5 Å². The zero-order valence-electron chi connectivity index (χ0n) is 12.0.